The lowest BCUT2D eigenvalue weighted by Crippen LogP contribution is -2.40. The molecule has 5 rings (SSSR count). The van der Waals surface area contributed by atoms with Gasteiger partial charge in [-0.25, -0.2) is 5.06 Å². The van der Waals surface area contributed by atoms with Gasteiger partial charge in [-0.2, -0.15) is 0 Å². The van der Waals surface area contributed by atoms with Gasteiger partial charge in [0.25, 0.3) is 0 Å². The fourth-order valence-corrected chi connectivity index (χ4v) is 3.67. The largest absolute Gasteiger partial charge is 0.455 e. The summed E-state index contributed by atoms with van der Waals surface area (Å²) in [4.78, 5) is 9.72. The van der Waals surface area contributed by atoms with Gasteiger partial charge in [-0.3, -0.25) is 9.74 Å². The van der Waals surface area contributed by atoms with Gasteiger partial charge in [0, 0.05) is 6.54 Å². The molecule has 29 heavy (non-hydrogen) atoms. The number of hydrogen-bond donors (Lipinski definition) is 0. The van der Waals surface area contributed by atoms with E-state index in [1.54, 1.807) is 12.2 Å². The maximum absolute atomic E-state index is 6.23. The van der Waals surface area contributed by atoms with Gasteiger partial charge in [0.05, 0.1) is 19.0 Å². The Labute approximate surface area is 169 Å². The Balaban J connectivity index is 1.57. The first kappa shape index (κ1) is 17.5. The Morgan fingerprint density at radius 1 is 0.931 bits per heavy atom. The van der Waals surface area contributed by atoms with Crippen molar-refractivity contribution in [1.82, 2.24) is 9.96 Å². The summed E-state index contributed by atoms with van der Waals surface area (Å²) in [5.41, 5.74) is 3.01. The van der Waals surface area contributed by atoms with Crippen LogP contribution in [0, 0.1) is 0 Å². The second-order valence-corrected chi connectivity index (χ2v) is 7.02. The van der Waals surface area contributed by atoms with Crippen LogP contribution >= 0.6 is 0 Å². The van der Waals surface area contributed by atoms with E-state index in [1.807, 2.05) is 54.7 Å². The Hall–Kier alpha value is -3.58. The van der Waals surface area contributed by atoms with Crippen molar-refractivity contribution in [2.75, 3.05) is 25.2 Å². The Morgan fingerprint density at radius 3 is 2.55 bits per heavy atom. The van der Waals surface area contributed by atoms with Crippen LogP contribution in [0.25, 0.3) is 0 Å². The molecule has 7 heteroatoms. The van der Waals surface area contributed by atoms with E-state index in [-0.39, 0.29) is 0 Å². The van der Waals surface area contributed by atoms with Crippen molar-refractivity contribution in [2.45, 2.75) is 6.92 Å². The number of rotatable bonds is 4. The molecule has 0 saturated carbocycles. The zero-order valence-corrected chi connectivity index (χ0v) is 16.3. The molecule has 0 bridgehead atoms. The third-order valence-electron chi connectivity index (χ3n) is 4.97. The predicted molar refractivity (Wildman–Crippen MR) is 110 cm³/mol. The summed E-state index contributed by atoms with van der Waals surface area (Å²) in [5.74, 6) is 3.32. The minimum atomic E-state index is 0.550. The highest BCUT2D eigenvalue weighted by Crippen LogP contribution is 2.41. The van der Waals surface area contributed by atoms with E-state index in [0.29, 0.717) is 6.67 Å². The van der Waals surface area contributed by atoms with Crippen molar-refractivity contribution in [3.05, 3.63) is 89.8 Å². The average Bonchev–Trinajstić information content (AvgIpc) is 3.18. The molecule has 0 aromatic heterocycles. The maximum Gasteiger partial charge on any atom is 0.177 e. The molecule has 0 spiro atoms. The van der Waals surface area contributed by atoms with Crippen LogP contribution in [0.2, 0.25) is 0 Å². The summed E-state index contributed by atoms with van der Waals surface area (Å²) in [7, 11) is 1.65. The van der Waals surface area contributed by atoms with Crippen molar-refractivity contribution < 1.29 is 9.57 Å². The molecule has 3 aliphatic rings. The minimum Gasteiger partial charge on any atom is -0.455 e. The summed E-state index contributed by atoms with van der Waals surface area (Å²) in [6.07, 6.45) is 3.94. The van der Waals surface area contributed by atoms with Crippen LogP contribution in [-0.4, -0.2) is 30.3 Å². The molecule has 0 saturated heterocycles. The fourth-order valence-electron chi connectivity index (χ4n) is 3.67. The van der Waals surface area contributed by atoms with Crippen molar-refractivity contribution in [3.8, 4) is 11.5 Å². The minimum absolute atomic E-state index is 0.550. The lowest BCUT2D eigenvalue weighted by molar-refractivity contribution is -0.0952. The molecule has 0 N–H and O–H groups in total. The van der Waals surface area contributed by atoms with E-state index in [2.05, 4.69) is 39.1 Å². The highest BCUT2D eigenvalue weighted by Gasteiger charge is 2.35. The Kier molecular flexibility index (Phi) is 4.29. The van der Waals surface area contributed by atoms with E-state index in [0.717, 1.165) is 41.1 Å². The number of fused-ring (bicyclic) bond motifs is 2. The summed E-state index contributed by atoms with van der Waals surface area (Å²) < 4.78 is 6.23. The van der Waals surface area contributed by atoms with E-state index >= 15 is 0 Å². The molecule has 0 amide bonds. The topological polar surface area (TPSA) is 52.9 Å². The van der Waals surface area contributed by atoms with Gasteiger partial charge in [0.15, 0.2) is 11.6 Å². The van der Waals surface area contributed by atoms with Crippen LogP contribution in [0.1, 0.15) is 6.92 Å². The zero-order chi connectivity index (χ0) is 19.8. The molecule has 146 valence electrons. The predicted octanol–water partition coefficient (Wildman–Crippen LogP) is 4.82. The van der Waals surface area contributed by atoms with E-state index in [1.165, 1.54) is 5.57 Å². The molecular formula is C22H21N5O2. The number of para-hydroxylation sites is 3. The average molecular weight is 387 g/mol. The highest BCUT2D eigenvalue weighted by atomic mass is 16.7. The number of ether oxygens (including phenoxy) is 1. The van der Waals surface area contributed by atoms with Gasteiger partial charge < -0.3 is 9.64 Å². The summed E-state index contributed by atoms with van der Waals surface area (Å²) in [5, 5.41) is 10.5. The Bertz CT molecular complexity index is 1060. The molecule has 0 unspecified atom stereocenters. The van der Waals surface area contributed by atoms with Crippen LogP contribution in [0.15, 0.2) is 100 Å². The van der Waals surface area contributed by atoms with Gasteiger partial charge in [-0.15, -0.1) is 10.2 Å². The van der Waals surface area contributed by atoms with Gasteiger partial charge >= 0.3 is 0 Å². The van der Waals surface area contributed by atoms with Crippen LogP contribution < -0.4 is 9.64 Å². The molecule has 2 aromatic carbocycles. The number of anilines is 1. The number of nitrogens with zero attached hydrogens (tertiary/aromatic N) is 5. The van der Waals surface area contributed by atoms with Crippen LogP contribution in [-0.2, 0) is 4.84 Å². The van der Waals surface area contributed by atoms with E-state index in [4.69, 9.17) is 9.57 Å². The number of allylic oxidation sites excluding steroid dienone is 1. The molecule has 0 atom stereocenters. The first-order chi connectivity index (χ1) is 14.2. The molecule has 0 aliphatic carbocycles. The molecule has 0 radical (unpaired) electrons. The van der Waals surface area contributed by atoms with Crippen molar-refractivity contribution in [1.29, 1.82) is 0 Å². The number of azo groups is 1. The lowest BCUT2D eigenvalue weighted by atomic mass is 10.1. The second-order valence-electron chi connectivity index (χ2n) is 7.02. The van der Waals surface area contributed by atoms with Crippen molar-refractivity contribution >= 4 is 5.69 Å². The molecule has 2 aromatic rings. The highest BCUT2D eigenvalue weighted by molar-refractivity contribution is 5.66. The zero-order valence-electron chi connectivity index (χ0n) is 16.3. The normalized spacial score (nSPS) is 17.8. The number of hydrogen-bond acceptors (Lipinski definition) is 7. The molecule has 3 heterocycles. The third kappa shape index (κ3) is 3.15. The quantitative estimate of drug-likeness (QED) is 0.753. The first-order valence-corrected chi connectivity index (χ1v) is 9.46. The Morgan fingerprint density at radius 2 is 1.72 bits per heavy atom. The van der Waals surface area contributed by atoms with Crippen LogP contribution in [0.3, 0.4) is 0 Å². The lowest BCUT2D eigenvalue weighted by Gasteiger charge is -2.38. The van der Waals surface area contributed by atoms with Crippen LogP contribution in [0.4, 0.5) is 5.69 Å². The van der Waals surface area contributed by atoms with Gasteiger partial charge in [0.2, 0.25) is 0 Å². The van der Waals surface area contributed by atoms with Gasteiger partial charge in [-0.1, -0.05) is 35.9 Å². The number of hydroxylamine groups is 2. The second kappa shape index (κ2) is 7.10. The van der Waals surface area contributed by atoms with Crippen LogP contribution in [0.5, 0.6) is 11.5 Å². The molecular weight excluding hydrogens is 366 g/mol. The molecule has 7 nitrogen and oxygen atoms in total. The summed E-state index contributed by atoms with van der Waals surface area (Å²) in [6, 6.07) is 17.9. The SMILES string of the molecule is CON1C=C2N=NC3=C(N2C1)N(c1ccccc1Oc1ccccc1)CC(C)=C3. The van der Waals surface area contributed by atoms with Gasteiger partial charge in [-0.05, 0) is 37.3 Å². The molecule has 3 aliphatic heterocycles. The van der Waals surface area contributed by atoms with E-state index in [9.17, 15) is 0 Å². The maximum atomic E-state index is 6.23. The van der Waals surface area contributed by atoms with Gasteiger partial charge in [0.1, 0.15) is 23.9 Å². The standard InChI is InChI=1S/C22H21N5O2/c1-16-12-18-22(27-15-25(28-2)14-21(27)24-23-18)26(13-16)19-10-6-7-11-20(19)29-17-8-4-3-5-9-17/h3-12,14H,13,15H2,1-2H3. The number of benzene rings is 2. The van der Waals surface area contributed by atoms with Crippen molar-refractivity contribution in [3.63, 3.8) is 0 Å². The van der Waals surface area contributed by atoms with Crippen molar-refractivity contribution in [2.24, 2.45) is 10.2 Å². The summed E-state index contributed by atoms with van der Waals surface area (Å²) >= 11 is 0. The molecule has 0 fully saturated rings. The summed E-state index contributed by atoms with van der Waals surface area (Å²) in [6.45, 7) is 3.39. The smallest absolute Gasteiger partial charge is 0.177 e. The monoisotopic (exact) mass is 387 g/mol. The first-order valence-electron chi connectivity index (χ1n) is 9.46. The van der Waals surface area contributed by atoms with E-state index < -0.39 is 0 Å². The fraction of sp³-hybridized carbons (Fsp3) is 0.182. The third-order valence-corrected chi connectivity index (χ3v) is 4.97.